The van der Waals surface area contributed by atoms with Crippen LogP contribution in [0.1, 0.15) is 22.7 Å². The maximum absolute atomic E-state index is 12.6. The Morgan fingerprint density at radius 2 is 1.43 bits per heavy atom. The summed E-state index contributed by atoms with van der Waals surface area (Å²) in [7, 11) is 3.23. The number of hydrogen-bond donors (Lipinski definition) is 2. The molecule has 0 amide bonds. The van der Waals surface area contributed by atoms with Crippen molar-refractivity contribution in [3.05, 3.63) is 117 Å². The summed E-state index contributed by atoms with van der Waals surface area (Å²) in [6.07, 6.45) is 1.51. The van der Waals surface area contributed by atoms with Crippen LogP contribution in [-0.4, -0.2) is 42.1 Å². The van der Waals surface area contributed by atoms with Crippen LogP contribution in [0.4, 0.5) is 5.82 Å². The molecule has 1 aromatic heterocycles. The Balaban J connectivity index is 1.87. The molecule has 3 N–H and O–H groups in total. The fraction of sp³-hybridized carbons (Fsp3) is 0.214. The molecule has 0 fully saturated rings. The molecular weight excluding hydrogens is 538 g/mol. The second kappa shape index (κ2) is 11.6. The average Bonchev–Trinajstić information content (AvgIpc) is 2.94. The minimum Gasteiger partial charge on any atom is -0.497 e. The maximum Gasteiger partial charge on any atom is 0.349 e. The summed E-state index contributed by atoms with van der Waals surface area (Å²) in [5.74, 6) is 1.49. The fourth-order valence-corrected chi connectivity index (χ4v) is 4.54. The van der Waals surface area contributed by atoms with Crippen molar-refractivity contribution in [3.8, 4) is 11.5 Å². The third-order valence-electron chi connectivity index (χ3n) is 6.20. The van der Waals surface area contributed by atoms with Gasteiger partial charge in [0.15, 0.2) is 0 Å². The summed E-state index contributed by atoms with van der Waals surface area (Å²) in [4.78, 5) is 16.5. The molecule has 0 saturated carbocycles. The van der Waals surface area contributed by atoms with Crippen LogP contribution < -0.4 is 20.9 Å². The van der Waals surface area contributed by atoms with Gasteiger partial charge in [-0.05, 0) is 56.9 Å². The van der Waals surface area contributed by atoms with Gasteiger partial charge in [-0.15, -0.1) is 0 Å². The molecule has 1 heterocycles. The largest absolute Gasteiger partial charge is 0.497 e. The number of nitrogens with zero attached hydrogens (tertiary/aromatic N) is 2. The molecule has 192 valence electrons. The quantitative estimate of drug-likeness (QED) is 0.278. The van der Waals surface area contributed by atoms with Crippen molar-refractivity contribution in [1.82, 2.24) is 9.55 Å². The minimum absolute atomic E-state index is 0.0125. The summed E-state index contributed by atoms with van der Waals surface area (Å²) < 4.78 is 19.3. The highest BCUT2D eigenvalue weighted by atomic mass is 79.9. The first-order valence-electron chi connectivity index (χ1n) is 11.6. The molecule has 0 unspecified atom stereocenters. The Labute approximate surface area is 223 Å². The van der Waals surface area contributed by atoms with Crippen LogP contribution in [0.3, 0.4) is 0 Å². The molecule has 0 radical (unpaired) electrons. The van der Waals surface area contributed by atoms with E-state index in [2.05, 4.69) is 20.9 Å². The van der Waals surface area contributed by atoms with Gasteiger partial charge in [0.25, 0.3) is 0 Å². The Kier molecular flexibility index (Phi) is 8.27. The Morgan fingerprint density at radius 1 is 0.919 bits per heavy atom. The average molecular weight is 566 g/mol. The van der Waals surface area contributed by atoms with Crippen molar-refractivity contribution < 1.29 is 19.3 Å². The van der Waals surface area contributed by atoms with E-state index in [0.717, 1.165) is 16.7 Å². The van der Waals surface area contributed by atoms with Crippen molar-refractivity contribution in [1.29, 1.82) is 0 Å². The zero-order valence-corrected chi connectivity index (χ0v) is 22.1. The van der Waals surface area contributed by atoms with E-state index >= 15 is 0 Å². The highest BCUT2D eigenvalue weighted by Gasteiger charge is 2.38. The predicted octanol–water partition coefficient (Wildman–Crippen LogP) is 4.15. The number of aliphatic hydroxyl groups is 1. The number of ether oxygens (including phenoxy) is 3. The minimum atomic E-state index is -1.09. The van der Waals surface area contributed by atoms with Gasteiger partial charge >= 0.3 is 5.69 Å². The molecule has 0 aliphatic heterocycles. The lowest BCUT2D eigenvalue weighted by atomic mass is 9.80. The molecule has 37 heavy (non-hydrogen) atoms. The number of aliphatic hydroxyl groups excluding tert-OH is 1. The predicted molar refractivity (Wildman–Crippen MR) is 145 cm³/mol. The van der Waals surface area contributed by atoms with E-state index in [4.69, 9.17) is 19.9 Å². The number of hydrogen-bond acceptors (Lipinski definition) is 7. The Morgan fingerprint density at radius 3 is 1.92 bits per heavy atom. The molecule has 0 saturated heterocycles. The lowest BCUT2D eigenvalue weighted by molar-refractivity contribution is -0.0160. The second-order valence-corrected chi connectivity index (χ2v) is 9.17. The van der Waals surface area contributed by atoms with Gasteiger partial charge in [-0.3, -0.25) is 4.57 Å². The highest BCUT2D eigenvalue weighted by Crippen LogP contribution is 2.42. The topological polar surface area (TPSA) is 109 Å². The van der Waals surface area contributed by atoms with E-state index in [-0.39, 0.29) is 19.0 Å². The van der Waals surface area contributed by atoms with Crippen LogP contribution in [0.2, 0.25) is 0 Å². The smallest absolute Gasteiger partial charge is 0.349 e. The number of anilines is 1. The molecule has 3 aromatic carbocycles. The number of aromatic nitrogens is 2. The van der Waals surface area contributed by atoms with E-state index in [0.29, 0.717) is 16.0 Å². The first kappa shape index (κ1) is 26.4. The number of halogens is 1. The number of methoxy groups -OCH3 is 2. The van der Waals surface area contributed by atoms with E-state index in [1.807, 2.05) is 78.9 Å². The number of nitrogens with two attached hydrogens (primary N) is 1. The Bertz CT molecular complexity index is 1330. The first-order chi connectivity index (χ1) is 17.9. The number of benzene rings is 3. The van der Waals surface area contributed by atoms with Gasteiger partial charge < -0.3 is 25.1 Å². The van der Waals surface area contributed by atoms with Crippen LogP contribution in [-0.2, 0) is 10.3 Å². The summed E-state index contributed by atoms with van der Waals surface area (Å²) in [6, 6.07) is 24.3. The molecule has 0 spiro atoms. The van der Waals surface area contributed by atoms with Crippen molar-refractivity contribution in [3.63, 3.8) is 0 Å². The number of nitrogen functional groups attached to an aromatic ring is 1. The zero-order chi connectivity index (χ0) is 26.4. The monoisotopic (exact) mass is 565 g/mol. The van der Waals surface area contributed by atoms with Gasteiger partial charge in [-0.25, -0.2) is 4.79 Å². The highest BCUT2D eigenvalue weighted by molar-refractivity contribution is 9.10. The molecule has 9 heteroatoms. The third kappa shape index (κ3) is 5.39. The van der Waals surface area contributed by atoms with Gasteiger partial charge in [0, 0.05) is 6.20 Å². The zero-order valence-electron chi connectivity index (χ0n) is 20.5. The second-order valence-electron chi connectivity index (χ2n) is 8.32. The molecule has 0 bridgehead atoms. The molecule has 1 atom stereocenters. The summed E-state index contributed by atoms with van der Waals surface area (Å²) in [5, 5.41) is 10.3. The van der Waals surface area contributed by atoms with E-state index in [9.17, 15) is 9.90 Å². The van der Waals surface area contributed by atoms with Gasteiger partial charge in [0.1, 0.15) is 22.9 Å². The van der Waals surface area contributed by atoms with Crippen molar-refractivity contribution in [2.75, 3.05) is 33.2 Å². The summed E-state index contributed by atoms with van der Waals surface area (Å²) >= 11 is 3.31. The van der Waals surface area contributed by atoms with E-state index in [1.54, 1.807) is 14.2 Å². The fourth-order valence-electron chi connectivity index (χ4n) is 4.24. The van der Waals surface area contributed by atoms with Crippen LogP contribution in [0.15, 0.2) is 94.3 Å². The van der Waals surface area contributed by atoms with Crippen molar-refractivity contribution in [2.45, 2.75) is 11.6 Å². The van der Waals surface area contributed by atoms with E-state index in [1.165, 1.54) is 10.8 Å². The summed E-state index contributed by atoms with van der Waals surface area (Å²) in [6.45, 7) is -0.366. The van der Waals surface area contributed by atoms with Gasteiger partial charge in [-0.1, -0.05) is 54.6 Å². The molecule has 4 aromatic rings. The van der Waals surface area contributed by atoms with Gasteiger partial charge in [0.05, 0.1) is 37.9 Å². The van der Waals surface area contributed by atoms with Gasteiger partial charge in [0.2, 0.25) is 0 Å². The Hall–Kier alpha value is -3.66. The lowest BCUT2D eigenvalue weighted by Gasteiger charge is -2.37. The first-order valence-corrected chi connectivity index (χ1v) is 12.4. The SMILES string of the molecule is COc1ccc(C(OC[C@H](CO)n2cc(Br)c(N)nc2=O)(c2ccccc2)c2ccc(OC)cc2)cc1. The molecule has 4 rings (SSSR count). The molecule has 8 nitrogen and oxygen atoms in total. The van der Waals surface area contributed by atoms with Crippen LogP contribution in [0.5, 0.6) is 11.5 Å². The van der Waals surface area contributed by atoms with Crippen molar-refractivity contribution in [2.24, 2.45) is 0 Å². The molecule has 0 aliphatic carbocycles. The van der Waals surface area contributed by atoms with Crippen LogP contribution in [0.25, 0.3) is 0 Å². The lowest BCUT2D eigenvalue weighted by Crippen LogP contribution is -2.38. The van der Waals surface area contributed by atoms with Crippen molar-refractivity contribution >= 4 is 21.7 Å². The third-order valence-corrected chi connectivity index (χ3v) is 6.81. The maximum atomic E-state index is 12.6. The van der Waals surface area contributed by atoms with E-state index < -0.39 is 17.3 Å². The normalized spacial score (nSPS) is 12.2. The van der Waals surface area contributed by atoms with Crippen LogP contribution >= 0.6 is 15.9 Å². The van der Waals surface area contributed by atoms with Gasteiger partial charge in [-0.2, -0.15) is 4.98 Å². The molecule has 0 aliphatic rings. The number of rotatable bonds is 10. The van der Waals surface area contributed by atoms with Crippen LogP contribution in [0, 0.1) is 0 Å². The standard InChI is InChI=1S/C28H28BrN3O5/c1-35-23-12-8-20(9-13-23)28(19-6-4-3-5-7-19,21-10-14-24(36-2)15-11-21)37-18-22(17-33)32-16-25(29)26(30)31-27(32)34/h3-16,22,33H,17-18H2,1-2H3,(H2,30,31,34)/t22-/m0/s1. The molecular formula is C28H28BrN3O5. The summed E-state index contributed by atoms with van der Waals surface area (Å²) in [5.41, 5.74) is 6.64.